The van der Waals surface area contributed by atoms with Crippen molar-refractivity contribution in [3.05, 3.63) is 52.4 Å². The smallest absolute Gasteiger partial charge is 0.242 e. The van der Waals surface area contributed by atoms with E-state index in [0.29, 0.717) is 17.3 Å². The van der Waals surface area contributed by atoms with E-state index >= 15 is 0 Å². The van der Waals surface area contributed by atoms with Gasteiger partial charge in [0.2, 0.25) is 5.91 Å². The zero-order chi connectivity index (χ0) is 16.1. The molecule has 2 rings (SSSR count). The van der Waals surface area contributed by atoms with Crippen molar-refractivity contribution in [3.63, 3.8) is 0 Å². The van der Waals surface area contributed by atoms with E-state index in [2.05, 4.69) is 5.32 Å². The van der Waals surface area contributed by atoms with Crippen molar-refractivity contribution in [2.45, 2.75) is 20.1 Å². The van der Waals surface area contributed by atoms with E-state index < -0.39 is 0 Å². The van der Waals surface area contributed by atoms with Crippen LogP contribution in [0, 0.1) is 6.92 Å². The zero-order valence-electron chi connectivity index (χ0n) is 12.6. The Morgan fingerprint density at radius 2 is 2.14 bits per heavy atom. The molecule has 1 aromatic heterocycles. The van der Waals surface area contributed by atoms with Gasteiger partial charge in [-0.05, 0) is 36.8 Å². The van der Waals surface area contributed by atoms with Gasteiger partial charge in [-0.25, -0.2) is 0 Å². The minimum Gasteiger partial charge on any atom is -0.464 e. The largest absolute Gasteiger partial charge is 0.464 e. The van der Waals surface area contributed by atoms with Gasteiger partial charge < -0.3 is 19.7 Å². The van der Waals surface area contributed by atoms with Gasteiger partial charge in [0.1, 0.15) is 11.5 Å². The van der Waals surface area contributed by atoms with Gasteiger partial charge in [-0.15, -0.1) is 0 Å². The Labute approximate surface area is 134 Å². The van der Waals surface area contributed by atoms with E-state index in [0.717, 1.165) is 17.1 Å². The van der Waals surface area contributed by atoms with Gasteiger partial charge in [0.25, 0.3) is 0 Å². The topological polar surface area (TPSA) is 65.7 Å². The maximum atomic E-state index is 12.1. The summed E-state index contributed by atoms with van der Waals surface area (Å²) < 4.78 is 5.45. The highest BCUT2D eigenvalue weighted by molar-refractivity contribution is 6.33. The Hall–Kier alpha value is -1.98. The molecule has 6 heteroatoms. The van der Waals surface area contributed by atoms with Crippen molar-refractivity contribution < 1.29 is 14.3 Å². The average Bonchev–Trinajstić information content (AvgIpc) is 2.91. The molecule has 0 bridgehead atoms. The number of likely N-dealkylation sites (N-methyl/N-ethyl adjacent to an activating group) is 1. The number of anilines is 1. The lowest BCUT2D eigenvalue weighted by molar-refractivity contribution is -0.128. The van der Waals surface area contributed by atoms with Crippen molar-refractivity contribution in [3.8, 4) is 0 Å². The van der Waals surface area contributed by atoms with E-state index in [1.165, 1.54) is 0 Å². The van der Waals surface area contributed by atoms with Crippen LogP contribution in [0.25, 0.3) is 0 Å². The van der Waals surface area contributed by atoms with Crippen molar-refractivity contribution in [1.29, 1.82) is 0 Å². The number of furan rings is 1. The van der Waals surface area contributed by atoms with Crippen LogP contribution in [0.4, 0.5) is 5.69 Å². The summed E-state index contributed by atoms with van der Waals surface area (Å²) in [6.07, 6.45) is 0. The summed E-state index contributed by atoms with van der Waals surface area (Å²) >= 11 is 6.06. The Balaban J connectivity index is 1.91. The first kappa shape index (κ1) is 16.4. The summed E-state index contributed by atoms with van der Waals surface area (Å²) in [5.41, 5.74) is 1.36. The fourth-order valence-corrected chi connectivity index (χ4v) is 2.19. The SMILES string of the molecule is Cc1ccc(CN(C)C(=O)CNc2cc(CO)ccc2Cl)o1. The number of aryl methyl sites for hydroxylation is 1. The molecule has 0 saturated carbocycles. The molecule has 5 nitrogen and oxygen atoms in total. The van der Waals surface area contributed by atoms with Crippen LogP contribution in [-0.4, -0.2) is 29.5 Å². The van der Waals surface area contributed by atoms with Gasteiger partial charge in [-0.1, -0.05) is 17.7 Å². The number of carbonyl (C=O) groups excluding carboxylic acids is 1. The second kappa shape index (κ2) is 7.33. The van der Waals surface area contributed by atoms with E-state index in [-0.39, 0.29) is 19.1 Å². The molecule has 0 fully saturated rings. The number of aliphatic hydroxyl groups excluding tert-OH is 1. The molecule has 0 saturated heterocycles. The zero-order valence-corrected chi connectivity index (χ0v) is 13.4. The van der Waals surface area contributed by atoms with Crippen LogP contribution < -0.4 is 5.32 Å². The fourth-order valence-electron chi connectivity index (χ4n) is 2.00. The molecule has 22 heavy (non-hydrogen) atoms. The molecule has 0 atom stereocenters. The summed E-state index contributed by atoms with van der Waals surface area (Å²) in [6.45, 7) is 2.32. The molecule has 0 aliphatic heterocycles. The van der Waals surface area contributed by atoms with Crippen LogP contribution in [0.1, 0.15) is 17.1 Å². The predicted octanol–water partition coefficient (Wildman–Crippen LogP) is 2.80. The van der Waals surface area contributed by atoms with Crippen molar-refractivity contribution in [2.24, 2.45) is 0 Å². The van der Waals surface area contributed by atoms with Crippen molar-refractivity contribution >= 4 is 23.2 Å². The lowest BCUT2D eigenvalue weighted by Gasteiger charge is -2.17. The van der Waals surface area contributed by atoms with Gasteiger partial charge in [0.15, 0.2) is 0 Å². The number of carbonyl (C=O) groups is 1. The third-order valence-electron chi connectivity index (χ3n) is 3.26. The number of halogens is 1. The number of benzene rings is 1. The number of hydrogen-bond donors (Lipinski definition) is 2. The number of nitrogens with zero attached hydrogens (tertiary/aromatic N) is 1. The minimum atomic E-state index is -0.0838. The first-order valence-electron chi connectivity index (χ1n) is 6.92. The molecule has 2 N–H and O–H groups in total. The lowest BCUT2D eigenvalue weighted by Crippen LogP contribution is -2.31. The van der Waals surface area contributed by atoms with Crippen LogP contribution in [0.3, 0.4) is 0 Å². The van der Waals surface area contributed by atoms with Crippen LogP contribution >= 0.6 is 11.6 Å². The standard InChI is InChI=1S/C16H19ClN2O3/c1-11-3-5-13(22-11)9-19(2)16(21)8-18-15-7-12(10-20)4-6-14(15)17/h3-7,18,20H,8-10H2,1-2H3. The first-order chi connectivity index (χ1) is 10.5. The summed E-state index contributed by atoms with van der Waals surface area (Å²) in [6, 6.07) is 8.88. The van der Waals surface area contributed by atoms with Crippen LogP contribution in [-0.2, 0) is 17.9 Å². The highest BCUT2D eigenvalue weighted by Crippen LogP contribution is 2.23. The highest BCUT2D eigenvalue weighted by Gasteiger charge is 2.12. The molecule has 0 radical (unpaired) electrons. The maximum Gasteiger partial charge on any atom is 0.242 e. The molecular formula is C16H19ClN2O3. The Morgan fingerprint density at radius 3 is 2.77 bits per heavy atom. The van der Waals surface area contributed by atoms with Gasteiger partial charge >= 0.3 is 0 Å². The number of aliphatic hydroxyl groups is 1. The third kappa shape index (κ3) is 4.26. The minimum absolute atomic E-state index is 0.0719. The predicted molar refractivity (Wildman–Crippen MR) is 85.8 cm³/mol. The van der Waals surface area contributed by atoms with E-state index in [1.807, 2.05) is 19.1 Å². The summed E-state index contributed by atoms with van der Waals surface area (Å²) in [4.78, 5) is 13.7. The number of hydrogen-bond acceptors (Lipinski definition) is 4. The molecule has 118 valence electrons. The van der Waals surface area contributed by atoms with Gasteiger partial charge in [0.05, 0.1) is 30.4 Å². The fraction of sp³-hybridized carbons (Fsp3) is 0.312. The molecule has 0 unspecified atom stereocenters. The average molecular weight is 323 g/mol. The maximum absolute atomic E-state index is 12.1. The molecule has 0 aliphatic carbocycles. The van der Waals surface area contributed by atoms with Gasteiger partial charge in [-0.2, -0.15) is 0 Å². The van der Waals surface area contributed by atoms with E-state index in [9.17, 15) is 4.79 Å². The molecule has 1 heterocycles. The highest BCUT2D eigenvalue weighted by atomic mass is 35.5. The van der Waals surface area contributed by atoms with Crippen LogP contribution in [0.5, 0.6) is 0 Å². The number of amides is 1. The van der Waals surface area contributed by atoms with E-state index in [1.54, 1.807) is 30.1 Å². The quantitative estimate of drug-likeness (QED) is 0.858. The summed E-state index contributed by atoms with van der Waals surface area (Å²) in [5, 5.41) is 12.6. The van der Waals surface area contributed by atoms with Crippen molar-refractivity contribution in [2.75, 3.05) is 18.9 Å². The Kier molecular flexibility index (Phi) is 5.46. The Morgan fingerprint density at radius 1 is 1.36 bits per heavy atom. The molecule has 0 spiro atoms. The molecule has 1 amide bonds. The van der Waals surface area contributed by atoms with Crippen molar-refractivity contribution in [1.82, 2.24) is 4.90 Å². The second-order valence-corrected chi connectivity index (χ2v) is 5.50. The number of nitrogens with one attached hydrogen (secondary N) is 1. The number of rotatable bonds is 6. The van der Waals surface area contributed by atoms with Gasteiger partial charge in [-0.3, -0.25) is 4.79 Å². The third-order valence-corrected chi connectivity index (χ3v) is 3.59. The normalized spacial score (nSPS) is 10.5. The lowest BCUT2D eigenvalue weighted by atomic mass is 10.2. The summed E-state index contributed by atoms with van der Waals surface area (Å²) in [7, 11) is 1.72. The van der Waals surface area contributed by atoms with E-state index in [4.69, 9.17) is 21.1 Å². The van der Waals surface area contributed by atoms with Crippen LogP contribution in [0.15, 0.2) is 34.7 Å². The molecule has 0 aliphatic rings. The summed E-state index contributed by atoms with van der Waals surface area (Å²) in [5.74, 6) is 1.48. The van der Waals surface area contributed by atoms with Crippen LogP contribution in [0.2, 0.25) is 5.02 Å². The second-order valence-electron chi connectivity index (χ2n) is 5.09. The van der Waals surface area contributed by atoms with Gasteiger partial charge in [0, 0.05) is 7.05 Å². The molecular weight excluding hydrogens is 304 g/mol. The first-order valence-corrected chi connectivity index (χ1v) is 7.30. The molecule has 1 aromatic carbocycles. The monoisotopic (exact) mass is 322 g/mol. The molecule has 2 aromatic rings. The Bertz CT molecular complexity index is 655.